The summed E-state index contributed by atoms with van der Waals surface area (Å²) in [6, 6.07) is 8.56. The molecule has 0 unspecified atom stereocenters. The SMILES string of the molecule is O=C1Nc2c(Cl)cc(Cl)cc2/C1=N\N=C\c1ccc2c(c1)OCO2. The molecular weight excluding hydrogens is 353 g/mol. The molecule has 4 rings (SSSR count). The Balaban J connectivity index is 1.64. The fourth-order valence-corrected chi connectivity index (χ4v) is 2.97. The molecule has 2 aromatic rings. The van der Waals surface area contributed by atoms with Gasteiger partial charge in [0.05, 0.1) is 16.9 Å². The summed E-state index contributed by atoms with van der Waals surface area (Å²) in [6.07, 6.45) is 1.52. The van der Waals surface area contributed by atoms with E-state index >= 15 is 0 Å². The second kappa shape index (κ2) is 5.81. The highest BCUT2D eigenvalue weighted by atomic mass is 35.5. The average molecular weight is 362 g/mol. The molecule has 24 heavy (non-hydrogen) atoms. The Hall–Kier alpha value is -2.57. The van der Waals surface area contributed by atoms with Crippen LogP contribution >= 0.6 is 23.2 Å². The number of hydrogen-bond donors (Lipinski definition) is 1. The summed E-state index contributed by atoms with van der Waals surface area (Å²) in [5, 5.41) is 11.4. The van der Waals surface area contributed by atoms with Gasteiger partial charge in [0.2, 0.25) is 6.79 Å². The van der Waals surface area contributed by atoms with E-state index in [2.05, 4.69) is 15.5 Å². The number of nitrogens with zero attached hydrogens (tertiary/aromatic N) is 2. The summed E-state index contributed by atoms with van der Waals surface area (Å²) in [7, 11) is 0. The molecule has 1 N–H and O–H groups in total. The maximum atomic E-state index is 12.0. The van der Waals surface area contributed by atoms with Crippen molar-refractivity contribution >= 4 is 46.7 Å². The van der Waals surface area contributed by atoms with Crippen LogP contribution in [-0.4, -0.2) is 24.6 Å². The van der Waals surface area contributed by atoms with Crippen LogP contribution < -0.4 is 14.8 Å². The summed E-state index contributed by atoms with van der Waals surface area (Å²) in [4.78, 5) is 12.0. The molecule has 6 nitrogen and oxygen atoms in total. The predicted octanol–water partition coefficient (Wildman–Crippen LogP) is 3.50. The molecule has 0 radical (unpaired) electrons. The first-order valence-electron chi connectivity index (χ1n) is 6.93. The van der Waals surface area contributed by atoms with Crippen LogP contribution in [0.3, 0.4) is 0 Å². The Morgan fingerprint density at radius 1 is 1.12 bits per heavy atom. The smallest absolute Gasteiger partial charge is 0.276 e. The number of rotatable bonds is 2. The maximum Gasteiger partial charge on any atom is 0.276 e. The fraction of sp³-hybridized carbons (Fsp3) is 0.0625. The monoisotopic (exact) mass is 361 g/mol. The third-order valence-electron chi connectivity index (χ3n) is 3.52. The van der Waals surface area contributed by atoms with Crippen molar-refractivity contribution in [3.05, 3.63) is 51.5 Å². The first-order chi connectivity index (χ1) is 11.6. The van der Waals surface area contributed by atoms with E-state index in [0.717, 1.165) is 5.56 Å². The van der Waals surface area contributed by atoms with Gasteiger partial charge in [0, 0.05) is 10.6 Å². The molecule has 0 saturated heterocycles. The number of halogens is 2. The van der Waals surface area contributed by atoms with Crippen molar-refractivity contribution in [1.29, 1.82) is 0 Å². The van der Waals surface area contributed by atoms with Gasteiger partial charge in [-0.1, -0.05) is 23.2 Å². The van der Waals surface area contributed by atoms with Crippen LogP contribution in [0.2, 0.25) is 10.0 Å². The lowest BCUT2D eigenvalue weighted by Crippen LogP contribution is -2.13. The number of ether oxygens (including phenoxy) is 2. The Bertz CT molecular complexity index is 925. The molecule has 0 bridgehead atoms. The van der Waals surface area contributed by atoms with Crippen molar-refractivity contribution in [1.82, 2.24) is 0 Å². The molecule has 1 amide bonds. The quantitative estimate of drug-likeness (QED) is 0.657. The maximum absolute atomic E-state index is 12.0. The van der Waals surface area contributed by atoms with Gasteiger partial charge in [0.15, 0.2) is 17.2 Å². The van der Waals surface area contributed by atoms with Gasteiger partial charge in [-0.25, -0.2) is 0 Å². The van der Waals surface area contributed by atoms with Crippen LogP contribution in [0.15, 0.2) is 40.5 Å². The van der Waals surface area contributed by atoms with Crippen molar-refractivity contribution in [2.24, 2.45) is 10.2 Å². The molecule has 2 heterocycles. The number of benzene rings is 2. The molecule has 0 fully saturated rings. The van der Waals surface area contributed by atoms with Gasteiger partial charge in [0.25, 0.3) is 5.91 Å². The third-order valence-corrected chi connectivity index (χ3v) is 4.04. The number of carbonyl (C=O) groups excluding carboxylic acids is 1. The van der Waals surface area contributed by atoms with Gasteiger partial charge < -0.3 is 14.8 Å². The molecule has 8 heteroatoms. The number of hydrogen-bond acceptors (Lipinski definition) is 5. The number of amides is 1. The van der Waals surface area contributed by atoms with E-state index in [9.17, 15) is 4.79 Å². The minimum Gasteiger partial charge on any atom is -0.454 e. The molecule has 0 atom stereocenters. The van der Waals surface area contributed by atoms with Crippen molar-refractivity contribution in [3.8, 4) is 11.5 Å². The summed E-state index contributed by atoms with van der Waals surface area (Å²) in [6.45, 7) is 0.205. The largest absolute Gasteiger partial charge is 0.454 e. The lowest BCUT2D eigenvalue weighted by Gasteiger charge is -2.01. The Morgan fingerprint density at radius 3 is 2.83 bits per heavy atom. The molecular formula is C16H9Cl2N3O3. The minimum absolute atomic E-state index is 0.159. The van der Waals surface area contributed by atoms with Crippen molar-refractivity contribution in [3.63, 3.8) is 0 Å². The Kier molecular flexibility index (Phi) is 3.63. The number of nitrogens with one attached hydrogen (secondary N) is 1. The van der Waals surface area contributed by atoms with Gasteiger partial charge in [0.1, 0.15) is 0 Å². The van der Waals surface area contributed by atoms with Crippen molar-refractivity contribution in [2.75, 3.05) is 12.1 Å². The van der Waals surface area contributed by atoms with Crippen LogP contribution in [0.25, 0.3) is 0 Å². The lowest BCUT2D eigenvalue weighted by molar-refractivity contribution is -0.110. The van der Waals surface area contributed by atoms with Crippen LogP contribution in [-0.2, 0) is 4.79 Å². The van der Waals surface area contributed by atoms with Crippen molar-refractivity contribution < 1.29 is 14.3 Å². The Morgan fingerprint density at radius 2 is 1.96 bits per heavy atom. The second-order valence-corrected chi connectivity index (χ2v) is 5.91. The van der Waals surface area contributed by atoms with E-state index in [4.69, 9.17) is 32.7 Å². The summed E-state index contributed by atoms with van der Waals surface area (Å²) < 4.78 is 10.5. The zero-order valence-corrected chi connectivity index (χ0v) is 13.6. The van der Waals surface area contributed by atoms with Crippen LogP contribution in [0.4, 0.5) is 5.69 Å². The highest BCUT2D eigenvalue weighted by Crippen LogP contribution is 2.34. The van der Waals surface area contributed by atoms with Gasteiger partial charge in [-0.3, -0.25) is 4.79 Å². The van der Waals surface area contributed by atoms with Gasteiger partial charge in [-0.15, -0.1) is 5.10 Å². The fourth-order valence-electron chi connectivity index (χ4n) is 2.43. The molecule has 2 aromatic carbocycles. The zero-order valence-electron chi connectivity index (χ0n) is 12.0. The number of carbonyl (C=O) groups is 1. The molecule has 120 valence electrons. The van der Waals surface area contributed by atoms with Gasteiger partial charge in [-0.2, -0.15) is 5.10 Å². The molecule has 0 aliphatic carbocycles. The second-order valence-electron chi connectivity index (χ2n) is 5.07. The Labute approximate surface area is 146 Å². The third kappa shape index (κ3) is 2.60. The van der Waals surface area contributed by atoms with E-state index in [-0.39, 0.29) is 18.4 Å². The number of anilines is 1. The van der Waals surface area contributed by atoms with E-state index in [0.29, 0.717) is 32.8 Å². The number of fused-ring (bicyclic) bond motifs is 2. The minimum atomic E-state index is -0.378. The topological polar surface area (TPSA) is 72.3 Å². The van der Waals surface area contributed by atoms with E-state index in [1.165, 1.54) is 6.21 Å². The highest BCUT2D eigenvalue weighted by Gasteiger charge is 2.28. The first kappa shape index (κ1) is 15.0. The van der Waals surface area contributed by atoms with E-state index < -0.39 is 0 Å². The normalized spacial score (nSPS) is 16.8. The van der Waals surface area contributed by atoms with E-state index in [1.807, 2.05) is 6.07 Å². The zero-order chi connectivity index (χ0) is 16.7. The molecule has 2 aliphatic heterocycles. The van der Waals surface area contributed by atoms with E-state index in [1.54, 1.807) is 24.3 Å². The van der Waals surface area contributed by atoms with Crippen LogP contribution in [0.5, 0.6) is 11.5 Å². The van der Waals surface area contributed by atoms with Crippen LogP contribution in [0.1, 0.15) is 11.1 Å². The summed E-state index contributed by atoms with van der Waals surface area (Å²) in [5.74, 6) is 0.956. The summed E-state index contributed by atoms with van der Waals surface area (Å²) in [5.41, 5.74) is 1.95. The first-order valence-corrected chi connectivity index (χ1v) is 7.69. The van der Waals surface area contributed by atoms with Crippen molar-refractivity contribution in [2.45, 2.75) is 0 Å². The van der Waals surface area contributed by atoms with Gasteiger partial charge >= 0.3 is 0 Å². The molecule has 2 aliphatic rings. The highest BCUT2D eigenvalue weighted by molar-refractivity contribution is 6.56. The van der Waals surface area contributed by atoms with Gasteiger partial charge in [-0.05, 0) is 35.9 Å². The standard InChI is InChI=1S/C16H9Cl2N3O3/c17-9-4-10-14(11(18)5-9)20-16(22)15(10)21-19-6-8-1-2-12-13(3-8)24-7-23-12/h1-6H,7H2,(H,20,21,22)/b19-6+. The predicted molar refractivity (Wildman–Crippen MR) is 91.8 cm³/mol. The summed E-state index contributed by atoms with van der Waals surface area (Å²) >= 11 is 12.1. The molecule has 0 spiro atoms. The lowest BCUT2D eigenvalue weighted by atomic mass is 10.1. The molecule has 0 saturated carbocycles. The van der Waals surface area contributed by atoms with Crippen LogP contribution in [0, 0.1) is 0 Å². The average Bonchev–Trinajstić information content (AvgIpc) is 3.12. The molecule has 0 aromatic heterocycles.